The highest BCUT2D eigenvalue weighted by Crippen LogP contribution is 2.13. The lowest BCUT2D eigenvalue weighted by molar-refractivity contribution is -0.146. The molecule has 1 saturated heterocycles. The van der Waals surface area contributed by atoms with E-state index in [1.54, 1.807) is 0 Å². The highest BCUT2D eigenvalue weighted by molar-refractivity contribution is 5.76. The van der Waals surface area contributed by atoms with Crippen LogP contribution in [0, 0.1) is 0 Å². The van der Waals surface area contributed by atoms with Gasteiger partial charge in [0, 0.05) is 25.7 Å². The quantitative estimate of drug-likeness (QED) is 0.684. The fraction of sp³-hybridized carbons (Fsp3) is 0.933. The van der Waals surface area contributed by atoms with E-state index in [4.69, 9.17) is 9.47 Å². The van der Waals surface area contributed by atoms with E-state index in [9.17, 15) is 4.79 Å². The largest absolute Gasteiger partial charge is 0.465 e. The average Bonchev–Trinajstić information content (AvgIpc) is 2.38. The van der Waals surface area contributed by atoms with Crippen molar-refractivity contribution >= 4 is 5.97 Å². The molecular weight excluding hydrogens is 256 g/mol. The van der Waals surface area contributed by atoms with Gasteiger partial charge in [0.2, 0.25) is 0 Å². The third-order valence-electron chi connectivity index (χ3n) is 3.39. The van der Waals surface area contributed by atoms with E-state index < -0.39 is 0 Å². The number of nitrogens with zero attached hydrogens (tertiary/aromatic N) is 1. The van der Waals surface area contributed by atoms with Crippen molar-refractivity contribution < 1.29 is 14.3 Å². The zero-order valence-electron chi connectivity index (χ0n) is 13.4. The van der Waals surface area contributed by atoms with E-state index in [1.165, 1.54) is 12.8 Å². The Kier molecular flexibility index (Phi) is 8.11. The number of ether oxygens (including phenoxy) is 2. The summed E-state index contributed by atoms with van der Waals surface area (Å²) in [6.07, 6.45) is 3.83. The van der Waals surface area contributed by atoms with Gasteiger partial charge in [-0.15, -0.1) is 0 Å². The highest BCUT2D eigenvalue weighted by atomic mass is 16.5. The molecule has 0 aliphatic carbocycles. The van der Waals surface area contributed by atoms with Gasteiger partial charge in [-0.05, 0) is 33.2 Å². The summed E-state index contributed by atoms with van der Waals surface area (Å²) in [5.74, 6) is -0.169. The van der Waals surface area contributed by atoms with Crippen LogP contribution in [-0.2, 0) is 14.3 Å². The molecule has 5 heteroatoms. The Bertz CT molecular complexity index is 278. The maximum atomic E-state index is 12.0. The molecule has 1 fully saturated rings. The molecule has 2 unspecified atom stereocenters. The minimum Gasteiger partial charge on any atom is -0.465 e. The van der Waals surface area contributed by atoms with Crippen LogP contribution >= 0.6 is 0 Å². The molecule has 20 heavy (non-hydrogen) atoms. The van der Waals surface area contributed by atoms with Crippen LogP contribution in [0.5, 0.6) is 0 Å². The van der Waals surface area contributed by atoms with E-state index in [1.807, 2.05) is 27.8 Å². The fourth-order valence-electron chi connectivity index (χ4n) is 2.53. The van der Waals surface area contributed by atoms with E-state index in [0.29, 0.717) is 19.3 Å². The zero-order chi connectivity index (χ0) is 15.0. The van der Waals surface area contributed by atoms with Crippen LogP contribution in [0.4, 0.5) is 0 Å². The van der Waals surface area contributed by atoms with Gasteiger partial charge in [-0.25, -0.2) is 0 Å². The number of likely N-dealkylation sites (N-methyl/N-ethyl adjacent to an activating group) is 1. The highest BCUT2D eigenvalue weighted by Gasteiger charge is 2.24. The number of hydrogen-bond donors (Lipinski definition) is 1. The lowest BCUT2D eigenvalue weighted by atomic mass is 10.1. The van der Waals surface area contributed by atoms with Crippen molar-refractivity contribution in [3.63, 3.8) is 0 Å². The number of rotatable bonds is 8. The SMILES string of the molecule is CCOC(=O)C(CN(C)CC1CCCCO1)NC(C)C. The number of carbonyl (C=O) groups is 1. The molecule has 1 rings (SSSR count). The second-order valence-corrected chi connectivity index (χ2v) is 5.84. The van der Waals surface area contributed by atoms with Gasteiger partial charge in [-0.3, -0.25) is 4.79 Å². The van der Waals surface area contributed by atoms with Gasteiger partial charge >= 0.3 is 5.97 Å². The number of hydrogen-bond acceptors (Lipinski definition) is 5. The van der Waals surface area contributed by atoms with Crippen molar-refractivity contribution in [1.29, 1.82) is 0 Å². The van der Waals surface area contributed by atoms with Gasteiger partial charge in [0.1, 0.15) is 6.04 Å². The number of carbonyl (C=O) groups excluding carboxylic acids is 1. The molecule has 118 valence electrons. The first-order chi connectivity index (χ1) is 9.52. The second kappa shape index (κ2) is 9.32. The minimum atomic E-state index is -0.274. The van der Waals surface area contributed by atoms with Crippen LogP contribution in [0.1, 0.15) is 40.0 Å². The number of nitrogens with one attached hydrogen (secondary N) is 1. The second-order valence-electron chi connectivity index (χ2n) is 5.84. The third kappa shape index (κ3) is 6.68. The standard InChI is InChI=1S/C15H30N2O3/c1-5-19-15(18)14(16-12(2)3)11-17(4)10-13-8-6-7-9-20-13/h12-14,16H,5-11H2,1-4H3. The van der Waals surface area contributed by atoms with Crippen LogP contribution in [0.2, 0.25) is 0 Å². The molecule has 1 aliphatic rings. The van der Waals surface area contributed by atoms with Gasteiger partial charge in [0.15, 0.2) is 0 Å². The lowest BCUT2D eigenvalue weighted by Gasteiger charge is -2.30. The van der Waals surface area contributed by atoms with Crippen molar-refractivity contribution in [1.82, 2.24) is 10.2 Å². The van der Waals surface area contributed by atoms with Crippen molar-refractivity contribution in [3.8, 4) is 0 Å². The van der Waals surface area contributed by atoms with Gasteiger partial charge in [-0.1, -0.05) is 13.8 Å². The first-order valence-electron chi connectivity index (χ1n) is 7.75. The first kappa shape index (κ1) is 17.4. The predicted molar refractivity (Wildman–Crippen MR) is 79.8 cm³/mol. The molecule has 5 nitrogen and oxygen atoms in total. The Hall–Kier alpha value is -0.650. The van der Waals surface area contributed by atoms with E-state index in [-0.39, 0.29) is 18.1 Å². The van der Waals surface area contributed by atoms with Gasteiger partial charge in [0.25, 0.3) is 0 Å². The smallest absolute Gasteiger partial charge is 0.324 e. The first-order valence-corrected chi connectivity index (χ1v) is 7.75. The molecule has 1 aliphatic heterocycles. The van der Waals surface area contributed by atoms with Crippen molar-refractivity contribution in [2.75, 3.05) is 33.4 Å². The van der Waals surface area contributed by atoms with Gasteiger partial charge in [-0.2, -0.15) is 0 Å². The maximum Gasteiger partial charge on any atom is 0.324 e. The molecule has 1 heterocycles. The van der Waals surface area contributed by atoms with E-state index >= 15 is 0 Å². The number of esters is 1. The maximum absolute atomic E-state index is 12.0. The van der Waals surface area contributed by atoms with Crippen LogP contribution in [0.15, 0.2) is 0 Å². The Morgan fingerprint density at radius 1 is 1.45 bits per heavy atom. The Morgan fingerprint density at radius 2 is 2.20 bits per heavy atom. The molecule has 0 spiro atoms. The average molecular weight is 286 g/mol. The normalized spacial score (nSPS) is 21.2. The third-order valence-corrected chi connectivity index (χ3v) is 3.39. The monoisotopic (exact) mass is 286 g/mol. The minimum absolute atomic E-state index is 0.169. The summed E-state index contributed by atoms with van der Waals surface area (Å²) in [5.41, 5.74) is 0. The molecule has 0 bridgehead atoms. The molecule has 0 aromatic heterocycles. The molecule has 0 radical (unpaired) electrons. The molecule has 0 amide bonds. The van der Waals surface area contributed by atoms with Crippen molar-refractivity contribution in [3.05, 3.63) is 0 Å². The van der Waals surface area contributed by atoms with Crippen LogP contribution in [0.3, 0.4) is 0 Å². The molecule has 0 aromatic rings. The summed E-state index contributed by atoms with van der Waals surface area (Å²) < 4.78 is 10.9. The van der Waals surface area contributed by atoms with Crippen LogP contribution < -0.4 is 5.32 Å². The van der Waals surface area contributed by atoms with Crippen LogP contribution in [0.25, 0.3) is 0 Å². The summed E-state index contributed by atoms with van der Waals surface area (Å²) >= 11 is 0. The molecule has 0 aromatic carbocycles. The molecular formula is C15H30N2O3. The lowest BCUT2D eigenvalue weighted by Crippen LogP contribution is -2.50. The fourth-order valence-corrected chi connectivity index (χ4v) is 2.53. The zero-order valence-corrected chi connectivity index (χ0v) is 13.4. The summed E-state index contributed by atoms with van der Waals surface area (Å²) in [6, 6.07) is -0.0210. The van der Waals surface area contributed by atoms with Crippen LogP contribution in [-0.4, -0.2) is 62.4 Å². The molecule has 1 N–H and O–H groups in total. The van der Waals surface area contributed by atoms with E-state index in [2.05, 4.69) is 10.2 Å². The van der Waals surface area contributed by atoms with Crippen molar-refractivity contribution in [2.24, 2.45) is 0 Å². The Balaban J connectivity index is 2.43. The van der Waals surface area contributed by atoms with Gasteiger partial charge < -0.3 is 19.7 Å². The topological polar surface area (TPSA) is 50.8 Å². The predicted octanol–water partition coefficient (Wildman–Crippen LogP) is 1.42. The summed E-state index contributed by atoms with van der Waals surface area (Å²) in [5, 5.41) is 3.28. The summed E-state index contributed by atoms with van der Waals surface area (Å²) in [7, 11) is 2.03. The molecule has 0 saturated carbocycles. The van der Waals surface area contributed by atoms with E-state index in [0.717, 1.165) is 19.6 Å². The summed E-state index contributed by atoms with van der Waals surface area (Å²) in [4.78, 5) is 14.1. The Labute approximate surface area is 123 Å². The van der Waals surface area contributed by atoms with Gasteiger partial charge in [0.05, 0.1) is 12.7 Å². The Morgan fingerprint density at radius 3 is 2.75 bits per heavy atom. The molecule has 2 atom stereocenters. The van der Waals surface area contributed by atoms with Crippen molar-refractivity contribution in [2.45, 2.75) is 58.2 Å². The summed E-state index contributed by atoms with van der Waals surface area (Å²) in [6.45, 7) is 8.72.